The van der Waals surface area contributed by atoms with Crippen molar-refractivity contribution in [3.63, 3.8) is 0 Å². The Hall–Kier alpha value is -2.34. The van der Waals surface area contributed by atoms with Gasteiger partial charge >= 0.3 is 0 Å². The van der Waals surface area contributed by atoms with Crippen LogP contribution in [0.3, 0.4) is 0 Å². The van der Waals surface area contributed by atoms with E-state index >= 15 is 0 Å². The smallest absolute Gasteiger partial charge is 0.255 e. The fourth-order valence-electron chi connectivity index (χ4n) is 2.26. The summed E-state index contributed by atoms with van der Waals surface area (Å²) < 4.78 is 6.42. The molecule has 2 aromatic carbocycles. The Morgan fingerprint density at radius 1 is 1.19 bits per heavy atom. The van der Waals surface area contributed by atoms with Crippen LogP contribution in [-0.2, 0) is 4.79 Å². The van der Waals surface area contributed by atoms with Gasteiger partial charge in [0.05, 0.1) is 11.1 Å². The van der Waals surface area contributed by atoms with E-state index in [1.54, 1.807) is 43.4 Å². The minimum absolute atomic E-state index is 0.0731. The Morgan fingerprint density at radius 3 is 2.62 bits per heavy atom. The molecule has 0 aromatic heterocycles. The van der Waals surface area contributed by atoms with Gasteiger partial charge in [0.25, 0.3) is 5.91 Å². The van der Waals surface area contributed by atoms with Crippen molar-refractivity contribution < 1.29 is 14.3 Å². The number of halogens is 1. The van der Waals surface area contributed by atoms with Crippen molar-refractivity contribution in [2.45, 2.75) is 26.7 Å². The van der Waals surface area contributed by atoms with E-state index in [1.165, 1.54) is 11.8 Å². The molecule has 2 amide bonds. The van der Waals surface area contributed by atoms with Crippen molar-refractivity contribution in [1.82, 2.24) is 0 Å². The first-order valence-corrected chi connectivity index (χ1v) is 9.29. The zero-order valence-corrected chi connectivity index (χ0v) is 16.8. The van der Waals surface area contributed by atoms with Gasteiger partial charge in [0.1, 0.15) is 5.75 Å². The second-order valence-electron chi connectivity index (χ2n) is 5.93. The first-order valence-electron chi connectivity index (χ1n) is 8.50. The molecule has 0 radical (unpaired) electrons. The van der Waals surface area contributed by atoms with Gasteiger partial charge in [-0.3, -0.25) is 9.59 Å². The molecule has 0 aliphatic rings. The lowest BCUT2D eigenvalue weighted by Gasteiger charge is -2.16. The highest BCUT2D eigenvalue weighted by Gasteiger charge is 2.11. The van der Waals surface area contributed by atoms with Crippen LogP contribution in [0.5, 0.6) is 5.75 Å². The van der Waals surface area contributed by atoms with Crippen molar-refractivity contribution in [2.75, 3.05) is 23.9 Å². The molecule has 0 saturated carbocycles. The molecule has 2 aromatic rings. The summed E-state index contributed by atoms with van der Waals surface area (Å²) in [7, 11) is 1.69. The van der Waals surface area contributed by atoms with E-state index in [0.29, 0.717) is 17.9 Å². The Labute approximate surface area is 162 Å². The number of unbranched alkanes of at least 4 members (excludes halogenated alkanes) is 1. The SMILES string of the molecule is CCCCOc1ccc(C(=O)Nc2cccc(N(C)C(C)=O)c2)cc1Br. The summed E-state index contributed by atoms with van der Waals surface area (Å²) in [6, 6.07) is 12.4. The Balaban J connectivity index is 2.09. The number of carbonyl (C=O) groups excluding carboxylic acids is 2. The highest BCUT2D eigenvalue weighted by molar-refractivity contribution is 9.10. The van der Waals surface area contributed by atoms with E-state index in [0.717, 1.165) is 28.8 Å². The molecule has 2 rings (SSSR count). The third-order valence-electron chi connectivity index (χ3n) is 3.91. The van der Waals surface area contributed by atoms with E-state index in [1.807, 2.05) is 6.07 Å². The molecule has 0 bridgehead atoms. The third kappa shape index (κ3) is 5.33. The molecule has 6 heteroatoms. The van der Waals surface area contributed by atoms with Gasteiger partial charge in [-0.25, -0.2) is 0 Å². The molecule has 0 aliphatic carbocycles. The minimum Gasteiger partial charge on any atom is -0.492 e. The van der Waals surface area contributed by atoms with Gasteiger partial charge in [-0.05, 0) is 58.7 Å². The standard InChI is InChI=1S/C20H23BrN2O3/c1-4-5-11-26-19-10-9-15(12-18(19)21)20(25)22-16-7-6-8-17(13-16)23(3)14(2)24/h6-10,12-13H,4-5,11H2,1-3H3,(H,22,25). The second kappa shape index (κ2) is 9.38. The largest absolute Gasteiger partial charge is 0.492 e. The topological polar surface area (TPSA) is 58.6 Å². The van der Waals surface area contributed by atoms with Gasteiger partial charge in [-0.15, -0.1) is 0 Å². The van der Waals surface area contributed by atoms with Crippen LogP contribution in [-0.4, -0.2) is 25.5 Å². The van der Waals surface area contributed by atoms with Crippen LogP contribution in [0.4, 0.5) is 11.4 Å². The molecule has 0 unspecified atom stereocenters. The molecular weight excluding hydrogens is 396 g/mol. The molecule has 1 N–H and O–H groups in total. The Kier molecular flexibility index (Phi) is 7.21. The van der Waals surface area contributed by atoms with Crippen molar-refractivity contribution >= 4 is 39.1 Å². The van der Waals surface area contributed by atoms with Crippen molar-refractivity contribution in [3.8, 4) is 5.75 Å². The molecule has 0 heterocycles. The number of hydrogen-bond donors (Lipinski definition) is 1. The van der Waals surface area contributed by atoms with Gasteiger partial charge in [0.2, 0.25) is 5.91 Å². The number of carbonyl (C=O) groups is 2. The van der Waals surface area contributed by atoms with E-state index in [9.17, 15) is 9.59 Å². The van der Waals surface area contributed by atoms with Crippen LogP contribution in [0, 0.1) is 0 Å². The Bertz CT molecular complexity index is 792. The van der Waals surface area contributed by atoms with E-state index in [2.05, 4.69) is 28.2 Å². The number of amides is 2. The average Bonchev–Trinajstić information content (AvgIpc) is 2.62. The van der Waals surface area contributed by atoms with Crippen molar-refractivity contribution in [1.29, 1.82) is 0 Å². The predicted octanol–water partition coefficient (Wildman–Crippen LogP) is 4.86. The van der Waals surface area contributed by atoms with Crippen LogP contribution >= 0.6 is 15.9 Å². The number of nitrogens with one attached hydrogen (secondary N) is 1. The molecule has 0 aliphatic heterocycles. The monoisotopic (exact) mass is 418 g/mol. The van der Waals surface area contributed by atoms with Gasteiger partial charge in [0, 0.05) is 30.9 Å². The number of benzene rings is 2. The zero-order valence-electron chi connectivity index (χ0n) is 15.2. The minimum atomic E-state index is -0.228. The van der Waals surface area contributed by atoms with Gasteiger partial charge < -0.3 is 15.0 Å². The molecular formula is C20H23BrN2O3. The third-order valence-corrected chi connectivity index (χ3v) is 4.53. The zero-order chi connectivity index (χ0) is 19.1. The highest BCUT2D eigenvalue weighted by Crippen LogP contribution is 2.27. The van der Waals surface area contributed by atoms with E-state index in [4.69, 9.17) is 4.74 Å². The second-order valence-corrected chi connectivity index (χ2v) is 6.78. The summed E-state index contributed by atoms with van der Waals surface area (Å²) >= 11 is 3.45. The van der Waals surface area contributed by atoms with Crippen LogP contribution in [0.25, 0.3) is 0 Å². The first kappa shape index (κ1) is 20.0. The lowest BCUT2D eigenvalue weighted by Crippen LogP contribution is -2.23. The van der Waals surface area contributed by atoms with Gasteiger partial charge in [-0.1, -0.05) is 19.4 Å². The summed E-state index contributed by atoms with van der Waals surface area (Å²) in [6.45, 7) is 4.25. The summed E-state index contributed by atoms with van der Waals surface area (Å²) in [6.07, 6.45) is 2.05. The van der Waals surface area contributed by atoms with Crippen LogP contribution in [0.15, 0.2) is 46.9 Å². The predicted molar refractivity (Wildman–Crippen MR) is 108 cm³/mol. The fourth-order valence-corrected chi connectivity index (χ4v) is 2.76. The van der Waals surface area contributed by atoms with Crippen LogP contribution in [0.1, 0.15) is 37.0 Å². The quantitative estimate of drug-likeness (QED) is 0.652. The van der Waals surface area contributed by atoms with Crippen LogP contribution in [0.2, 0.25) is 0 Å². The first-order chi connectivity index (χ1) is 12.4. The molecule has 0 spiro atoms. The average molecular weight is 419 g/mol. The number of rotatable bonds is 7. The van der Waals surface area contributed by atoms with E-state index < -0.39 is 0 Å². The number of ether oxygens (including phenoxy) is 1. The molecule has 26 heavy (non-hydrogen) atoms. The number of hydrogen-bond acceptors (Lipinski definition) is 3. The van der Waals surface area contributed by atoms with Gasteiger partial charge in [0.15, 0.2) is 0 Å². The summed E-state index contributed by atoms with van der Waals surface area (Å²) in [5.41, 5.74) is 1.86. The Morgan fingerprint density at radius 2 is 1.96 bits per heavy atom. The summed E-state index contributed by atoms with van der Waals surface area (Å²) in [5.74, 6) is 0.421. The van der Waals surface area contributed by atoms with Crippen molar-refractivity contribution in [2.24, 2.45) is 0 Å². The van der Waals surface area contributed by atoms with Crippen LogP contribution < -0.4 is 15.0 Å². The van der Waals surface area contributed by atoms with Gasteiger partial charge in [-0.2, -0.15) is 0 Å². The van der Waals surface area contributed by atoms with Crippen molar-refractivity contribution in [3.05, 3.63) is 52.5 Å². The highest BCUT2D eigenvalue weighted by atomic mass is 79.9. The maximum absolute atomic E-state index is 12.5. The summed E-state index contributed by atoms with van der Waals surface area (Å²) in [4.78, 5) is 25.5. The lowest BCUT2D eigenvalue weighted by molar-refractivity contribution is -0.116. The molecule has 0 fully saturated rings. The number of nitrogens with zero attached hydrogens (tertiary/aromatic N) is 1. The fraction of sp³-hybridized carbons (Fsp3) is 0.300. The summed E-state index contributed by atoms with van der Waals surface area (Å²) in [5, 5.41) is 2.85. The maximum atomic E-state index is 12.5. The molecule has 138 valence electrons. The van der Waals surface area contributed by atoms with E-state index in [-0.39, 0.29) is 11.8 Å². The molecule has 0 saturated heterocycles. The lowest BCUT2D eigenvalue weighted by atomic mass is 10.2. The number of anilines is 2. The normalized spacial score (nSPS) is 10.3. The maximum Gasteiger partial charge on any atom is 0.255 e. The molecule has 0 atom stereocenters. The molecule has 5 nitrogen and oxygen atoms in total.